The van der Waals surface area contributed by atoms with Gasteiger partial charge >= 0.3 is 0 Å². The van der Waals surface area contributed by atoms with Crippen LogP contribution in [0.25, 0.3) is 0 Å². The van der Waals surface area contributed by atoms with E-state index in [1.165, 1.54) is 31.5 Å². The Morgan fingerprint density at radius 1 is 1.25 bits per heavy atom. The molecule has 112 valence electrons. The van der Waals surface area contributed by atoms with Gasteiger partial charge in [0, 0.05) is 12.6 Å². The van der Waals surface area contributed by atoms with Gasteiger partial charge in [-0.1, -0.05) is 6.92 Å². The van der Waals surface area contributed by atoms with Crippen LogP contribution in [0.4, 0.5) is 0 Å². The highest BCUT2D eigenvalue weighted by Crippen LogP contribution is 2.33. The predicted octanol–water partition coefficient (Wildman–Crippen LogP) is 3.83. The molecule has 0 saturated carbocycles. The summed E-state index contributed by atoms with van der Waals surface area (Å²) in [6.07, 6.45) is 2.48. The van der Waals surface area contributed by atoms with Crippen LogP contribution >= 0.6 is 31.9 Å². The Bertz CT molecular complexity index is 436. The monoisotopic (exact) mass is 404 g/mol. The fourth-order valence-corrected chi connectivity index (χ4v) is 4.08. The van der Waals surface area contributed by atoms with Crippen LogP contribution in [0.3, 0.4) is 0 Å². The lowest BCUT2D eigenvalue weighted by Gasteiger charge is -2.36. The summed E-state index contributed by atoms with van der Waals surface area (Å²) < 4.78 is 1.49. The molecule has 1 fully saturated rings. The maximum atomic E-state index is 9.76. The maximum absolute atomic E-state index is 9.76. The normalized spacial score (nSPS) is 17.9. The molecule has 2 rings (SSSR count). The summed E-state index contributed by atoms with van der Waals surface area (Å²) in [4.78, 5) is 4.94. The van der Waals surface area contributed by atoms with Gasteiger partial charge in [-0.2, -0.15) is 0 Å². The first-order valence-electron chi connectivity index (χ1n) is 7.10. The molecule has 1 aliphatic rings. The Morgan fingerprint density at radius 2 is 1.80 bits per heavy atom. The van der Waals surface area contributed by atoms with Crippen molar-refractivity contribution in [3.8, 4) is 5.75 Å². The molecule has 0 spiro atoms. The van der Waals surface area contributed by atoms with Crippen molar-refractivity contribution in [1.82, 2.24) is 9.80 Å². The summed E-state index contributed by atoms with van der Waals surface area (Å²) in [7, 11) is 2.20. The standard InChI is InChI=1S/C15H22Br2N2O/c1-3-19-6-4-12(5-7-19)18(2)10-11-8-13(16)15(20)14(17)9-11/h8-9,12,20H,3-7,10H2,1-2H3. The smallest absolute Gasteiger partial charge is 0.143 e. The molecule has 1 N–H and O–H groups in total. The van der Waals surface area contributed by atoms with Crippen LogP contribution in [0, 0.1) is 0 Å². The van der Waals surface area contributed by atoms with Crippen LogP contribution in [0.1, 0.15) is 25.3 Å². The van der Waals surface area contributed by atoms with Gasteiger partial charge in [0.1, 0.15) is 5.75 Å². The van der Waals surface area contributed by atoms with Crippen LogP contribution in [-0.4, -0.2) is 47.6 Å². The first-order valence-corrected chi connectivity index (χ1v) is 8.69. The number of phenols is 1. The van der Waals surface area contributed by atoms with E-state index in [9.17, 15) is 5.11 Å². The van der Waals surface area contributed by atoms with Crippen molar-refractivity contribution in [2.45, 2.75) is 32.4 Å². The molecule has 0 aliphatic carbocycles. The van der Waals surface area contributed by atoms with Gasteiger partial charge in [-0.25, -0.2) is 0 Å². The summed E-state index contributed by atoms with van der Waals surface area (Å²) in [6.45, 7) is 6.71. The Labute approximate surface area is 138 Å². The number of likely N-dealkylation sites (tertiary alicyclic amines) is 1. The van der Waals surface area contributed by atoms with E-state index in [4.69, 9.17) is 0 Å². The van der Waals surface area contributed by atoms with Crippen LogP contribution in [0.2, 0.25) is 0 Å². The molecule has 0 unspecified atom stereocenters. The van der Waals surface area contributed by atoms with Crippen molar-refractivity contribution >= 4 is 31.9 Å². The third kappa shape index (κ3) is 3.97. The number of halogens is 2. The third-order valence-electron chi connectivity index (χ3n) is 4.14. The highest BCUT2D eigenvalue weighted by atomic mass is 79.9. The number of phenolic OH excluding ortho intramolecular Hbond substituents is 1. The summed E-state index contributed by atoms with van der Waals surface area (Å²) >= 11 is 6.79. The first kappa shape index (κ1) is 16.3. The van der Waals surface area contributed by atoms with Gasteiger partial charge in [0.25, 0.3) is 0 Å². The first-order chi connectivity index (χ1) is 9.51. The predicted molar refractivity (Wildman–Crippen MR) is 90.1 cm³/mol. The van der Waals surface area contributed by atoms with Gasteiger partial charge in [0.05, 0.1) is 8.95 Å². The molecule has 1 aromatic rings. The Hall–Kier alpha value is -0.100. The highest BCUT2D eigenvalue weighted by molar-refractivity contribution is 9.11. The number of piperidine rings is 1. The Balaban J connectivity index is 1.96. The molecule has 0 atom stereocenters. The van der Waals surface area contributed by atoms with E-state index in [-0.39, 0.29) is 5.75 Å². The van der Waals surface area contributed by atoms with E-state index in [0.717, 1.165) is 22.0 Å². The molecule has 1 aliphatic heterocycles. The van der Waals surface area contributed by atoms with E-state index < -0.39 is 0 Å². The second kappa shape index (κ2) is 7.25. The highest BCUT2D eigenvalue weighted by Gasteiger charge is 2.21. The number of benzene rings is 1. The third-order valence-corrected chi connectivity index (χ3v) is 5.35. The van der Waals surface area contributed by atoms with E-state index in [1.54, 1.807) is 0 Å². The molecule has 0 bridgehead atoms. The Morgan fingerprint density at radius 3 is 2.30 bits per heavy atom. The van der Waals surface area contributed by atoms with Crippen molar-refractivity contribution in [3.05, 3.63) is 26.6 Å². The number of aromatic hydroxyl groups is 1. The molecule has 0 radical (unpaired) electrons. The Kier molecular flexibility index (Phi) is 5.90. The van der Waals surface area contributed by atoms with Crippen molar-refractivity contribution < 1.29 is 5.11 Å². The second-order valence-corrected chi connectivity index (χ2v) is 7.20. The minimum Gasteiger partial charge on any atom is -0.506 e. The number of nitrogens with zero attached hydrogens (tertiary/aromatic N) is 2. The largest absolute Gasteiger partial charge is 0.506 e. The van der Waals surface area contributed by atoms with Crippen LogP contribution < -0.4 is 0 Å². The zero-order valence-electron chi connectivity index (χ0n) is 12.1. The molecule has 3 nitrogen and oxygen atoms in total. The second-order valence-electron chi connectivity index (χ2n) is 5.49. The van der Waals surface area contributed by atoms with Crippen LogP contribution in [-0.2, 0) is 6.54 Å². The minimum atomic E-state index is 0.271. The summed E-state index contributed by atoms with van der Waals surface area (Å²) in [5.41, 5.74) is 1.21. The lowest BCUT2D eigenvalue weighted by atomic mass is 10.0. The molecule has 0 amide bonds. The number of hydrogen-bond acceptors (Lipinski definition) is 3. The van der Waals surface area contributed by atoms with Crippen LogP contribution in [0.15, 0.2) is 21.1 Å². The molecular formula is C15H22Br2N2O. The van der Waals surface area contributed by atoms with Crippen molar-refractivity contribution in [2.24, 2.45) is 0 Å². The molecule has 20 heavy (non-hydrogen) atoms. The average molecular weight is 406 g/mol. The molecule has 5 heteroatoms. The van der Waals surface area contributed by atoms with Gasteiger partial charge in [0.2, 0.25) is 0 Å². The van der Waals surface area contributed by atoms with E-state index in [1.807, 2.05) is 12.1 Å². The summed E-state index contributed by atoms with van der Waals surface area (Å²) in [5, 5.41) is 9.76. The van der Waals surface area contributed by atoms with E-state index in [0.29, 0.717) is 6.04 Å². The van der Waals surface area contributed by atoms with Gasteiger partial charge in [0.15, 0.2) is 0 Å². The zero-order chi connectivity index (χ0) is 14.7. The van der Waals surface area contributed by atoms with Crippen molar-refractivity contribution in [1.29, 1.82) is 0 Å². The van der Waals surface area contributed by atoms with Gasteiger partial charge in [-0.15, -0.1) is 0 Å². The van der Waals surface area contributed by atoms with Crippen molar-refractivity contribution in [2.75, 3.05) is 26.7 Å². The molecule has 1 saturated heterocycles. The van der Waals surface area contributed by atoms with Gasteiger partial charge in [-0.05, 0) is 89.1 Å². The summed E-state index contributed by atoms with van der Waals surface area (Å²) in [6, 6.07) is 4.65. The van der Waals surface area contributed by atoms with Gasteiger partial charge < -0.3 is 10.0 Å². The summed E-state index contributed by atoms with van der Waals surface area (Å²) in [5.74, 6) is 0.271. The SMILES string of the molecule is CCN1CCC(N(C)Cc2cc(Br)c(O)c(Br)c2)CC1. The molecule has 1 aromatic carbocycles. The molecule has 0 aromatic heterocycles. The average Bonchev–Trinajstić information content (AvgIpc) is 2.44. The zero-order valence-corrected chi connectivity index (χ0v) is 15.2. The fraction of sp³-hybridized carbons (Fsp3) is 0.600. The fourth-order valence-electron chi connectivity index (χ4n) is 2.80. The van der Waals surface area contributed by atoms with Gasteiger partial charge in [-0.3, -0.25) is 4.90 Å². The van der Waals surface area contributed by atoms with E-state index in [2.05, 4.69) is 55.6 Å². The van der Waals surface area contributed by atoms with Crippen molar-refractivity contribution in [3.63, 3.8) is 0 Å². The minimum absolute atomic E-state index is 0.271. The maximum Gasteiger partial charge on any atom is 0.143 e. The number of hydrogen-bond donors (Lipinski definition) is 1. The molecular weight excluding hydrogens is 384 g/mol. The van der Waals surface area contributed by atoms with Crippen LogP contribution in [0.5, 0.6) is 5.75 Å². The quantitative estimate of drug-likeness (QED) is 0.824. The molecule has 1 heterocycles. The lowest BCUT2D eigenvalue weighted by Crippen LogP contribution is -2.42. The number of rotatable bonds is 4. The van der Waals surface area contributed by atoms with E-state index >= 15 is 0 Å². The lowest BCUT2D eigenvalue weighted by molar-refractivity contribution is 0.127. The topological polar surface area (TPSA) is 26.7 Å².